The van der Waals surface area contributed by atoms with Gasteiger partial charge in [-0.05, 0) is 43.0 Å². The second kappa shape index (κ2) is 7.57. The Morgan fingerprint density at radius 1 is 1.52 bits per heavy atom. The number of nitrogens with zero attached hydrogens (tertiary/aromatic N) is 1. The van der Waals surface area contributed by atoms with E-state index in [1.807, 2.05) is 32.0 Å². The van der Waals surface area contributed by atoms with Gasteiger partial charge >= 0.3 is 0 Å². The zero-order valence-corrected chi connectivity index (χ0v) is 15.9. The summed E-state index contributed by atoms with van der Waals surface area (Å²) in [7, 11) is 0. The topological polar surface area (TPSA) is 64.9 Å². The number of nitrogens with one attached hydrogen (secondary N) is 2. The predicted octanol–water partition coefficient (Wildman–Crippen LogP) is 4.36. The summed E-state index contributed by atoms with van der Waals surface area (Å²) in [5.74, 6) is -0.0812. The van der Waals surface area contributed by atoms with Crippen LogP contribution in [0.2, 0.25) is 5.02 Å². The molecule has 0 saturated carbocycles. The van der Waals surface area contributed by atoms with Crippen molar-refractivity contribution in [3.63, 3.8) is 0 Å². The average molecular weight is 374 g/mol. The molecule has 1 amide bonds. The highest BCUT2D eigenvalue weighted by atomic mass is 35.5. The second-order valence-corrected chi connectivity index (χ2v) is 7.94. The summed E-state index contributed by atoms with van der Waals surface area (Å²) in [6.45, 7) is 5.64. The first-order valence-electron chi connectivity index (χ1n) is 8.31. The molecule has 1 aliphatic heterocycles. The third-order valence-electron chi connectivity index (χ3n) is 4.47. The van der Waals surface area contributed by atoms with E-state index < -0.39 is 0 Å². The minimum Gasteiger partial charge on any atom is -0.317 e. The molecule has 0 aliphatic carbocycles. The minimum absolute atomic E-state index is 0.00851. The predicted molar refractivity (Wildman–Crippen MR) is 102 cm³/mol. The van der Waals surface area contributed by atoms with Gasteiger partial charge in [0.15, 0.2) is 0 Å². The lowest BCUT2D eigenvalue weighted by atomic mass is 9.96. The van der Waals surface area contributed by atoms with E-state index in [9.17, 15) is 10.1 Å². The molecule has 0 fully saturated rings. The highest BCUT2D eigenvalue weighted by Crippen LogP contribution is 2.35. The van der Waals surface area contributed by atoms with Crippen molar-refractivity contribution >= 4 is 33.8 Å². The third-order valence-corrected chi connectivity index (χ3v) is 5.96. The molecule has 25 heavy (non-hydrogen) atoms. The number of hydrogen-bond acceptors (Lipinski definition) is 4. The Kier molecular flexibility index (Phi) is 5.43. The summed E-state index contributed by atoms with van der Waals surface area (Å²) >= 11 is 7.77. The fraction of sp³-hybridized carbons (Fsp3) is 0.368. The summed E-state index contributed by atoms with van der Waals surface area (Å²) in [5.41, 5.74) is 3.80. The molecule has 4 nitrogen and oxygen atoms in total. The lowest BCUT2D eigenvalue weighted by Crippen LogP contribution is -2.22. The maximum absolute atomic E-state index is 12.5. The van der Waals surface area contributed by atoms with Crippen molar-refractivity contribution in [3.05, 3.63) is 50.4 Å². The van der Waals surface area contributed by atoms with Gasteiger partial charge in [0.2, 0.25) is 5.91 Å². The molecule has 2 heterocycles. The van der Waals surface area contributed by atoms with Crippen LogP contribution in [0.15, 0.2) is 18.2 Å². The van der Waals surface area contributed by atoms with Crippen LogP contribution in [0, 0.1) is 18.3 Å². The number of halogens is 1. The number of amides is 1. The summed E-state index contributed by atoms with van der Waals surface area (Å²) in [6, 6.07) is 8.11. The van der Waals surface area contributed by atoms with Gasteiger partial charge in [0.1, 0.15) is 11.1 Å². The molecule has 1 aromatic heterocycles. The molecule has 6 heteroatoms. The van der Waals surface area contributed by atoms with Gasteiger partial charge in [-0.15, -0.1) is 11.3 Å². The molecule has 0 spiro atoms. The Hall–Kier alpha value is -1.87. The minimum atomic E-state index is -0.0897. The van der Waals surface area contributed by atoms with E-state index in [0.29, 0.717) is 22.0 Å². The van der Waals surface area contributed by atoms with E-state index in [4.69, 9.17) is 11.6 Å². The summed E-state index contributed by atoms with van der Waals surface area (Å²) in [5, 5.41) is 17.1. The van der Waals surface area contributed by atoms with Gasteiger partial charge < -0.3 is 10.6 Å². The van der Waals surface area contributed by atoms with Crippen LogP contribution in [0.3, 0.4) is 0 Å². The van der Waals surface area contributed by atoms with Crippen molar-refractivity contribution in [2.75, 3.05) is 11.9 Å². The number of carbonyl (C=O) groups is 1. The largest absolute Gasteiger partial charge is 0.317 e. The van der Waals surface area contributed by atoms with Gasteiger partial charge in [0, 0.05) is 22.9 Å². The molecule has 0 saturated heterocycles. The van der Waals surface area contributed by atoms with Crippen LogP contribution in [-0.4, -0.2) is 12.5 Å². The van der Waals surface area contributed by atoms with Crippen LogP contribution >= 0.6 is 22.9 Å². The highest BCUT2D eigenvalue weighted by Gasteiger charge is 2.22. The van der Waals surface area contributed by atoms with Crippen LogP contribution in [0.5, 0.6) is 0 Å². The van der Waals surface area contributed by atoms with E-state index >= 15 is 0 Å². The Balaban J connectivity index is 1.74. The van der Waals surface area contributed by atoms with Crippen molar-refractivity contribution < 1.29 is 4.79 Å². The Morgan fingerprint density at radius 3 is 3.08 bits per heavy atom. The van der Waals surface area contributed by atoms with E-state index in [1.54, 1.807) is 0 Å². The number of hydrogen-bond donors (Lipinski definition) is 2. The molecule has 2 N–H and O–H groups in total. The molecule has 1 unspecified atom stereocenters. The monoisotopic (exact) mass is 373 g/mol. The van der Waals surface area contributed by atoms with Crippen molar-refractivity contribution in [3.8, 4) is 6.07 Å². The normalized spacial score (nSPS) is 14.5. The van der Waals surface area contributed by atoms with Gasteiger partial charge in [-0.2, -0.15) is 5.26 Å². The van der Waals surface area contributed by atoms with Crippen LogP contribution in [0.4, 0.5) is 5.00 Å². The summed E-state index contributed by atoms with van der Waals surface area (Å²) in [4.78, 5) is 13.6. The van der Waals surface area contributed by atoms with E-state index in [0.717, 1.165) is 41.1 Å². The lowest BCUT2D eigenvalue weighted by molar-refractivity contribution is -0.116. The number of nitriles is 1. The number of anilines is 1. The zero-order valence-electron chi connectivity index (χ0n) is 14.3. The molecular formula is C19H20ClN3OS. The molecule has 1 aromatic carbocycles. The first kappa shape index (κ1) is 17.9. The molecule has 130 valence electrons. The second-order valence-electron chi connectivity index (χ2n) is 6.42. The van der Waals surface area contributed by atoms with Crippen molar-refractivity contribution in [2.45, 2.75) is 39.2 Å². The Morgan fingerprint density at radius 2 is 2.32 bits per heavy atom. The SMILES string of the molecule is Cc1ccc(Cl)c(C(C)CC(=O)Nc2sc3c(c2C#N)CCNC3)c1. The number of benzene rings is 1. The molecule has 0 bridgehead atoms. The fourth-order valence-corrected chi connectivity index (χ4v) is 4.64. The van der Waals surface area contributed by atoms with Gasteiger partial charge in [0.25, 0.3) is 0 Å². The van der Waals surface area contributed by atoms with E-state index in [2.05, 4.69) is 16.7 Å². The fourth-order valence-electron chi connectivity index (χ4n) is 3.15. The number of fused-ring (bicyclic) bond motifs is 1. The van der Waals surface area contributed by atoms with E-state index in [-0.39, 0.29) is 11.8 Å². The average Bonchev–Trinajstić information content (AvgIpc) is 2.93. The lowest BCUT2D eigenvalue weighted by Gasteiger charge is -2.14. The smallest absolute Gasteiger partial charge is 0.225 e. The van der Waals surface area contributed by atoms with Crippen LogP contribution in [0.1, 0.15) is 46.4 Å². The molecule has 3 rings (SSSR count). The number of carbonyl (C=O) groups excluding carboxylic acids is 1. The standard InChI is InChI=1S/C19H20ClN3OS/c1-11-3-4-16(20)14(7-11)12(2)8-18(24)23-19-15(9-21)13-5-6-22-10-17(13)25-19/h3-4,7,12,22H,5-6,8,10H2,1-2H3,(H,23,24). The Labute approximate surface area is 156 Å². The molecule has 1 atom stereocenters. The van der Waals surface area contributed by atoms with Gasteiger partial charge in [0.05, 0.1) is 5.56 Å². The summed E-state index contributed by atoms with van der Waals surface area (Å²) in [6.07, 6.45) is 1.16. The zero-order chi connectivity index (χ0) is 18.0. The molecule has 0 radical (unpaired) electrons. The van der Waals surface area contributed by atoms with Crippen LogP contribution in [-0.2, 0) is 17.8 Å². The Bertz CT molecular complexity index is 853. The van der Waals surface area contributed by atoms with Gasteiger partial charge in [-0.25, -0.2) is 0 Å². The maximum Gasteiger partial charge on any atom is 0.225 e. The van der Waals surface area contributed by atoms with Crippen molar-refractivity contribution in [1.29, 1.82) is 5.26 Å². The number of rotatable bonds is 4. The highest BCUT2D eigenvalue weighted by molar-refractivity contribution is 7.16. The van der Waals surface area contributed by atoms with Crippen LogP contribution < -0.4 is 10.6 Å². The quantitative estimate of drug-likeness (QED) is 0.836. The molecule has 1 aliphatic rings. The van der Waals surface area contributed by atoms with Gasteiger partial charge in [-0.3, -0.25) is 4.79 Å². The number of thiophene rings is 1. The van der Waals surface area contributed by atoms with Crippen molar-refractivity contribution in [1.82, 2.24) is 5.32 Å². The maximum atomic E-state index is 12.5. The first-order chi connectivity index (χ1) is 12.0. The third kappa shape index (κ3) is 3.87. The number of aryl methyl sites for hydroxylation is 1. The van der Waals surface area contributed by atoms with Crippen molar-refractivity contribution in [2.24, 2.45) is 0 Å². The van der Waals surface area contributed by atoms with Gasteiger partial charge in [-0.1, -0.05) is 36.2 Å². The van der Waals surface area contributed by atoms with Crippen LogP contribution in [0.25, 0.3) is 0 Å². The molecular weight excluding hydrogens is 354 g/mol. The summed E-state index contributed by atoms with van der Waals surface area (Å²) < 4.78 is 0. The first-order valence-corrected chi connectivity index (χ1v) is 9.50. The molecule has 2 aromatic rings. The van der Waals surface area contributed by atoms with E-state index in [1.165, 1.54) is 11.3 Å².